The number of nitrogens with one attached hydrogen (secondary N) is 1. The summed E-state index contributed by atoms with van der Waals surface area (Å²) in [5, 5.41) is 3.56. The van der Waals surface area contributed by atoms with Crippen molar-refractivity contribution in [2.45, 2.75) is 39.3 Å². The Bertz CT molecular complexity index is 345. The van der Waals surface area contributed by atoms with Gasteiger partial charge in [0.2, 0.25) is 0 Å². The average molecular weight is 233 g/mol. The van der Waals surface area contributed by atoms with Crippen molar-refractivity contribution in [2.75, 3.05) is 19.6 Å². The minimum absolute atomic E-state index is 0.680. The number of hydrogen-bond acceptors (Lipinski definition) is 3. The van der Waals surface area contributed by atoms with Gasteiger partial charge < -0.3 is 5.32 Å². The van der Waals surface area contributed by atoms with E-state index in [-0.39, 0.29) is 0 Å². The van der Waals surface area contributed by atoms with Crippen molar-refractivity contribution in [3.05, 3.63) is 29.6 Å². The van der Waals surface area contributed by atoms with Crippen molar-refractivity contribution in [3.8, 4) is 0 Å². The normalized spacial score (nSPS) is 20.1. The number of likely N-dealkylation sites (N-methyl/N-ethyl adjacent to an activating group) is 1. The molecular weight excluding hydrogens is 210 g/mol. The quantitative estimate of drug-likeness (QED) is 0.842. The third-order valence-corrected chi connectivity index (χ3v) is 3.42. The molecule has 1 N–H and O–H groups in total. The standard InChI is InChI=1S/C14H23N3/c1-3-17(10-13-8-5-9-15-13)11-14-7-4-6-12(2)16-14/h4,6-7,13,15H,3,5,8-11H2,1-2H3/t13-/m0/s1. The van der Waals surface area contributed by atoms with Crippen LogP contribution >= 0.6 is 0 Å². The van der Waals surface area contributed by atoms with E-state index in [9.17, 15) is 0 Å². The van der Waals surface area contributed by atoms with Gasteiger partial charge in [-0.05, 0) is 45.0 Å². The zero-order chi connectivity index (χ0) is 12.1. The molecule has 0 aliphatic carbocycles. The summed E-state index contributed by atoms with van der Waals surface area (Å²) < 4.78 is 0. The SMILES string of the molecule is CCN(Cc1cccc(C)n1)C[C@@H]1CCCN1. The Kier molecular flexibility index (Phi) is 4.51. The maximum atomic E-state index is 4.57. The molecule has 1 aliphatic heterocycles. The number of hydrogen-bond donors (Lipinski definition) is 1. The van der Waals surface area contributed by atoms with E-state index in [0.29, 0.717) is 6.04 Å². The molecule has 2 rings (SSSR count). The van der Waals surface area contributed by atoms with Crippen LogP contribution < -0.4 is 5.32 Å². The van der Waals surface area contributed by atoms with Gasteiger partial charge in [0.25, 0.3) is 0 Å². The van der Waals surface area contributed by atoms with Crippen LogP contribution in [0.4, 0.5) is 0 Å². The lowest BCUT2D eigenvalue weighted by Crippen LogP contribution is -2.37. The molecule has 0 saturated carbocycles. The van der Waals surface area contributed by atoms with Gasteiger partial charge in [-0.1, -0.05) is 13.0 Å². The number of aromatic nitrogens is 1. The molecule has 3 heteroatoms. The van der Waals surface area contributed by atoms with Crippen molar-refractivity contribution in [1.29, 1.82) is 0 Å². The molecule has 0 bridgehead atoms. The molecule has 0 radical (unpaired) electrons. The molecular formula is C14H23N3. The van der Waals surface area contributed by atoms with Crippen LogP contribution in [0.1, 0.15) is 31.2 Å². The fourth-order valence-electron chi connectivity index (χ4n) is 2.45. The van der Waals surface area contributed by atoms with Gasteiger partial charge in [0.1, 0.15) is 0 Å². The summed E-state index contributed by atoms with van der Waals surface area (Å²) >= 11 is 0. The Morgan fingerprint density at radius 3 is 3.00 bits per heavy atom. The first-order chi connectivity index (χ1) is 8.28. The fraction of sp³-hybridized carbons (Fsp3) is 0.643. The van der Waals surface area contributed by atoms with Crippen LogP contribution in [0, 0.1) is 6.92 Å². The third-order valence-electron chi connectivity index (χ3n) is 3.42. The lowest BCUT2D eigenvalue weighted by atomic mass is 10.2. The van der Waals surface area contributed by atoms with Gasteiger partial charge in [-0.25, -0.2) is 0 Å². The summed E-state index contributed by atoms with van der Waals surface area (Å²) in [6, 6.07) is 6.95. The van der Waals surface area contributed by atoms with Gasteiger partial charge in [-0.15, -0.1) is 0 Å². The number of aryl methyl sites for hydroxylation is 1. The lowest BCUT2D eigenvalue weighted by Gasteiger charge is -2.23. The van der Waals surface area contributed by atoms with E-state index in [1.807, 2.05) is 0 Å². The van der Waals surface area contributed by atoms with Gasteiger partial charge in [0.05, 0.1) is 5.69 Å². The molecule has 1 aromatic rings. The van der Waals surface area contributed by atoms with Gasteiger partial charge in [-0.3, -0.25) is 9.88 Å². The van der Waals surface area contributed by atoms with E-state index in [0.717, 1.165) is 25.3 Å². The Morgan fingerprint density at radius 2 is 2.35 bits per heavy atom. The maximum Gasteiger partial charge on any atom is 0.0547 e. The number of rotatable bonds is 5. The first-order valence-corrected chi connectivity index (χ1v) is 6.66. The third kappa shape index (κ3) is 3.79. The van der Waals surface area contributed by atoms with Crippen LogP contribution in [0.25, 0.3) is 0 Å². The van der Waals surface area contributed by atoms with E-state index in [1.165, 1.54) is 25.1 Å². The molecule has 0 amide bonds. The van der Waals surface area contributed by atoms with Crippen molar-refractivity contribution in [2.24, 2.45) is 0 Å². The van der Waals surface area contributed by atoms with Crippen molar-refractivity contribution in [1.82, 2.24) is 15.2 Å². The highest BCUT2D eigenvalue weighted by Gasteiger charge is 2.17. The fourth-order valence-corrected chi connectivity index (χ4v) is 2.45. The van der Waals surface area contributed by atoms with Crippen LogP contribution in [0.2, 0.25) is 0 Å². The Morgan fingerprint density at radius 1 is 1.47 bits per heavy atom. The minimum atomic E-state index is 0.680. The smallest absolute Gasteiger partial charge is 0.0547 e. The predicted molar refractivity (Wildman–Crippen MR) is 70.9 cm³/mol. The first kappa shape index (κ1) is 12.5. The minimum Gasteiger partial charge on any atom is -0.313 e. The monoisotopic (exact) mass is 233 g/mol. The van der Waals surface area contributed by atoms with E-state index >= 15 is 0 Å². The highest BCUT2D eigenvalue weighted by Crippen LogP contribution is 2.09. The summed E-state index contributed by atoms with van der Waals surface area (Å²) in [6.07, 6.45) is 2.64. The van der Waals surface area contributed by atoms with Crippen molar-refractivity contribution in [3.63, 3.8) is 0 Å². The molecule has 0 aromatic carbocycles. The van der Waals surface area contributed by atoms with Crippen LogP contribution in [-0.4, -0.2) is 35.6 Å². The number of pyridine rings is 1. The van der Waals surface area contributed by atoms with Crippen LogP contribution in [0.5, 0.6) is 0 Å². The van der Waals surface area contributed by atoms with E-state index in [1.54, 1.807) is 0 Å². The van der Waals surface area contributed by atoms with E-state index in [2.05, 4.69) is 47.2 Å². The van der Waals surface area contributed by atoms with Gasteiger partial charge in [0, 0.05) is 24.8 Å². The van der Waals surface area contributed by atoms with Crippen LogP contribution in [-0.2, 0) is 6.54 Å². The summed E-state index contributed by atoms with van der Waals surface area (Å²) in [5.74, 6) is 0. The largest absolute Gasteiger partial charge is 0.313 e. The number of nitrogens with zero attached hydrogens (tertiary/aromatic N) is 2. The molecule has 17 heavy (non-hydrogen) atoms. The highest BCUT2D eigenvalue weighted by molar-refractivity contribution is 5.09. The average Bonchev–Trinajstić information content (AvgIpc) is 2.81. The highest BCUT2D eigenvalue weighted by atomic mass is 15.2. The molecule has 94 valence electrons. The Hall–Kier alpha value is -0.930. The molecule has 0 spiro atoms. The van der Waals surface area contributed by atoms with Gasteiger partial charge >= 0.3 is 0 Å². The molecule has 1 fully saturated rings. The second-order valence-electron chi connectivity index (χ2n) is 4.89. The second kappa shape index (κ2) is 6.12. The summed E-state index contributed by atoms with van der Waals surface area (Å²) in [7, 11) is 0. The molecule has 3 nitrogen and oxygen atoms in total. The lowest BCUT2D eigenvalue weighted by molar-refractivity contribution is 0.250. The summed E-state index contributed by atoms with van der Waals surface area (Å²) in [5.41, 5.74) is 2.29. The summed E-state index contributed by atoms with van der Waals surface area (Å²) in [6.45, 7) is 8.67. The van der Waals surface area contributed by atoms with Gasteiger partial charge in [0.15, 0.2) is 0 Å². The van der Waals surface area contributed by atoms with Crippen LogP contribution in [0.15, 0.2) is 18.2 Å². The Labute approximate surface area is 104 Å². The van der Waals surface area contributed by atoms with Gasteiger partial charge in [-0.2, -0.15) is 0 Å². The Balaban J connectivity index is 1.90. The molecule has 1 saturated heterocycles. The topological polar surface area (TPSA) is 28.2 Å². The van der Waals surface area contributed by atoms with E-state index < -0.39 is 0 Å². The zero-order valence-corrected chi connectivity index (χ0v) is 10.9. The molecule has 0 unspecified atom stereocenters. The zero-order valence-electron chi connectivity index (χ0n) is 10.9. The van der Waals surface area contributed by atoms with Crippen LogP contribution in [0.3, 0.4) is 0 Å². The molecule has 1 aliphatic rings. The predicted octanol–water partition coefficient (Wildman–Crippen LogP) is 1.96. The van der Waals surface area contributed by atoms with E-state index in [4.69, 9.17) is 0 Å². The second-order valence-corrected chi connectivity index (χ2v) is 4.89. The maximum absolute atomic E-state index is 4.57. The molecule has 1 atom stereocenters. The molecule has 1 aromatic heterocycles. The first-order valence-electron chi connectivity index (χ1n) is 6.66. The molecule has 2 heterocycles. The summed E-state index contributed by atoms with van der Waals surface area (Å²) in [4.78, 5) is 7.05. The van der Waals surface area contributed by atoms with Crippen molar-refractivity contribution < 1.29 is 0 Å². The van der Waals surface area contributed by atoms with Crippen molar-refractivity contribution >= 4 is 0 Å².